The van der Waals surface area contributed by atoms with Crippen LogP contribution in [0.25, 0.3) is 0 Å². The highest BCUT2D eigenvalue weighted by molar-refractivity contribution is 6.32. The third-order valence-corrected chi connectivity index (χ3v) is 1.78. The Morgan fingerprint density at radius 2 is 2.15 bits per heavy atom. The number of carboxylic acid groups (broad SMARTS) is 1. The number of hydrogen-bond donors (Lipinski definition) is 2. The van der Waals surface area contributed by atoms with Crippen LogP contribution in [0.2, 0.25) is 5.02 Å². The minimum Gasteiger partial charge on any atom is -0.503 e. The van der Waals surface area contributed by atoms with Crippen LogP contribution in [-0.4, -0.2) is 23.3 Å². The quantitative estimate of drug-likeness (QED) is 0.767. The highest BCUT2D eigenvalue weighted by atomic mass is 35.5. The summed E-state index contributed by atoms with van der Waals surface area (Å²) in [6.07, 6.45) is 0. The molecular weight excluding hydrogens is 196 g/mol. The number of carboxylic acids is 1. The molecule has 1 aromatic carbocycles. The molecule has 5 heteroatoms. The van der Waals surface area contributed by atoms with Crippen molar-refractivity contribution in [2.24, 2.45) is 0 Å². The fourth-order valence-corrected chi connectivity index (χ4v) is 1.06. The summed E-state index contributed by atoms with van der Waals surface area (Å²) in [5.41, 5.74) is -0.0281. The van der Waals surface area contributed by atoms with Crippen molar-refractivity contribution in [3.05, 3.63) is 22.7 Å². The molecule has 0 aliphatic carbocycles. The van der Waals surface area contributed by atoms with Crippen molar-refractivity contribution < 1.29 is 19.7 Å². The van der Waals surface area contributed by atoms with Gasteiger partial charge < -0.3 is 14.9 Å². The average molecular weight is 203 g/mol. The molecule has 0 saturated heterocycles. The first kappa shape index (κ1) is 9.67. The second kappa shape index (κ2) is 3.53. The number of phenols is 1. The van der Waals surface area contributed by atoms with E-state index in [9.17, 15) is 9.90 Å². The molecule has 0 aliphatic rings. The van der Waals surface area contributed by atoms with Gasteiger partial charge in [-0.25, -0.2) is 4.79 Å². The van der Waals surface area contributed by atoms with Crippen LogP contribution >= 0.6 is 11.6 Å². The van der Waals surface area contributed by atoms with Gasteiger partial charge in [0.25, 0.3) is 0 Å². The summed E-state index contributed by atoms with van der Waals surface area (Å²) in [6.45, 7) is 0. The average Bonchev–Trinajstić information content (AvgIpc) is 2.09. The van der Waals surface area contributed by atoms with Crippen LogP contribution in [0.15, 0.2) is 12.1 Å². The van der Waals surface area contributed by atoms with E-state index in [0.29, 0.717) is 0 Å². The zero-order chi connectivity index (χ0) is 10.0. The second-order valence-electron chi connectivity index (χ2n) is 2.31. The van der Waals surface area contributed by atoms with Crippen LogP contribution in [0.5, 0.6) is 11.5 Å². The Hall–Kier alpha value is -1.42. The summed E-state index contributed by atoms with van der Waals surface area (Å²) in [6, 6.07) is 2.35. The standard InChI is InChI=1S/C8H7ClO4/c1-13-6-3-4(8(11)12)2-5(9)7(6)10/h2-3,10H,1H3,(H,11,12). The molecule has 0 bridgehead atoms. The van der Waals surface area contributed by atoms with E-state index in [1.165, 1.54) is 13.2 Å². The predicted octanol–water partition coefficient (Wildman–Crippen LogP) is 1.75. The second-order valence-corrected chi connectivity index (χ2v) is 2.72. The first-order chi connectivity index (χ1) is 6.06. The van der Waals surface area contributed by atoms with Crippen LogP contribution in [0, 0.1) is 0 Å². The van der Waals surface area contributed by atoms with Gasteiger partial charge in [-0.3, -0.25) is 0 Å². The Labute approximate surface area is 79.3 Å². The number of carbonyl (C=O) groups is 1. The summed E-state index contributed by atoms with van der Waals surface area (Å²) in [5, 5.41) is 17.8. The van der Waals surface area contributed by atoms with Crippen LogP contribution in [0.3, 0.4) is 0 Å². The fourth-order valence-electron chi connectivity index (χ4n) is 0.853. The van der Waals surface area contributed by atoms with Gasteiger partial charge in [-0.2, -0.15) is 0 Å². The molecule has 4 nitrogen and oxygen atoms in total. The maximum Gasteiger partial charge on any atom is 0.335 e. The molecule has 0 atom stereocenters. The van der Waals surface area contributed by atoms with E-state index in [1.807, 2.05) is 0 Å². The van der Waals surface area contributed by atoms with Crippen LogP contribution in [-0.2, 0) is 0 Å². The molecule has 0 saturated carbocycles. The lowest BCUT2D eigenvalue weighted by Gasteiger charge is -2.05. The van der Waals surface area contributed by atoms with E-state index in [0.717, 1.165) is 6.07 Å². The third kappa shape index (κ3) is 1.84. The molecule has 0 spiro atoms. The van der Waals surface area contributed by atoms with E-state index >= 15 is 0 Å². The van der Waals surface area contributed by atoms with Crippen molar-refractivity contribution in [2.75, 3.05) is 7.11 Å². The number of phenolic OH excluding ortho intramolecular Hbond substituents is 1. The number of aromatic hydroxyl groups is 1. The highest BCUT2D eigenvalue weighted by Crippen LogP contribution is 2.34. The fraction of sp³-hybridized carbons (Fsp3) is 0.125. The van der Waals surface area contributed by atoms with Crippen molar-refractivity contribution in [3.63, 3.8) is 0 Å². The van der Waals surface area contributed by atoms with Crippen LogP contribution in [0.1, 0.15) is 10.4 Å². The Kier molecular flexibility index (Phi) is 2.63. The molecule has 0 radical (unpaired) electrons. The van der Waals surface area contributed by atoms with E-state index in [4.69, 9.17) is 21.4 Å². The lowest BCUT2D eigenvalue weighted by Crippen LogP contribution is -1.97. The molecule has 2 N–H and O–H groups in total. The lowest BCUT2D eigenvalue weighted by molar-refractivity contribution is 0.0696. The molecular formula is C8H7ClO4. The highest BCUT2D eigenvalue weighted by Gasteiger charge is 2.12. The lowest BCUT2D eigenvalue weighted by atomic mass is 10.2. The molecule has 13 heavy (non-hydrogen) atoms. The van der Waals surface area contributed by atoms with Crippen molar-refractivity contribution in [3.8, 4) is 11.5 Å². The zero-order valence-corrected chi connectivity index (χ0v) is 7.50. The van der Waals surface area contributed by atoms with Gasteiger partial charge in [0.1, 0.15) is 0 Å². The maximum atomic E-state index is 10.5. The number of rotatable bonds is 2. The minimum atomic E-state index is -1.12. The number of methoxy groups -OCH3 is 1. The molecule has 70 valence electrons. The molecule has 0 aliphatic heterocycles. The number of hydrogen-bond acceptors (Lipinski definition) is 3. The van der Waals surface area contributed by atoms with E-state index in [2.05, 4.69) is 0 Å². The molecule has 0 fully saturated rings. The molecule has 0 aromatic heterocycles. The van der Waals surface area contributed by atoms with Gasteiger partial charge in [-0.1, -0.05) is 11.6 Å². The topological polar surface area (TPSA) is 66.8 Å². The molecule has 1 aromatic rings. The first-order valence-corrected chi connectivity index (χ1v) is 3.74. The van der Waals surface area contributed by atoms with Gasteiger partial charge in [-0.05, 0) is 12.1 Å². The van der Waals surface area contributed by atoms with Gasteiger partial charge in [0.2, 0.25) is 0 Å². The molecule has 0 amide bonds. The Bertz CT molecular complexity index is 348. The maximum absolute atomic E-state index is 10.5. The summed E-state index contributed by atoms with van der Waals surface area (Å²) >= 11 is 5.55. The first-order valence-electron chi connectivity index (χ1n) is 3.36. The summed E-state index contributed by atoms with van der Waals surface area (Å²) in [4.78, 5) is 10.5. The Balaban J connectivity index is 3.30. The number of benzene rings is 1. The van der Waals surface area contributed by atoms with Crippen LogP contribution in [0.4, 0.5) is 0 Å². The van der Waals surface area contributed by atoms with Gasteiger partial charge in [0.05, 0.1) is 17.7 Å². The van der Waals surface area contributed by atoms with Crippen molar-refractivity contribution in [1.29, 1.82) is 0 Å². The molecule has 0 heterocycles. The van der Waals surface area contributed by atoms with E-state index < -0.39 is 5.97 Å². The largest absolute Gasteiger partial charge is 0.503 e. The third-order valence-electron chi connectivity index (χ3n) is 1.50. The Morgan fingerprint density at radius 3 is 2.62 bits per heavy atom. The normalized spacial score (nSPS) is 9.69. The zero-order valence-electron chi connectivity index (χ0n) is 6.74. The summed E-state index contributed by atoms with van der Waals surface area (Å²) < 4.78 is 4.72. The number of ether oxygens (including phenoxy) is 1. The van der Waals surface area contributed by atoms with Gasteiger partial charge >= 0.3 is 5.97 Å². The summed E-state index contributed by atoms with van der Waals surface area (Å²) in [7, 11) is 1.32. The van der Waals surface area contributed by atoms with Crippen molar-refractivity contribution in [1.82, 2.24) is 0 Å². The van der Waals surface area contributed by atoms with Crippen molar-refractivity contribution >= 4 is 17.6 Å². The molecule has 0 unspecified atom stereocenters. The van der Waals surface area contributed by atoms with Gasteiger partial charge in [0.15, 0.2) is 11.5 Å². The van der Waals surface area contributed by atoms with Crippen LogP contribution < -0.4 is 4.74 Å². The predicted molar refractivity (Wildman–Crippen MR) is 46.6 cm³/mol. The van der Waals surface area contributed by atoms with Gasteiger partial charge in [0, 0.05) is 0 Å². The van der Waals surface area contributed by atoms with Gasteiger partial charge in [-0.15, -0.1) is 0 Å². The number of halogens is 1. The van der Waals surface area contributed by atoms with E-state index in [-0.39, 0.29) is 22.1 Å². The smallest absolute Gasteiger partial charge is 0.335 e. The monoisotopic (exact) mass is 202 g/mol. The number of aromatic carboxylic acids is 1. The Morgan fingerprint density at radius 1 is 1.54 bits per heavy atom. The summed E-state index contributed by atoms with van der Waals surface area (Å²) in [5.74, 6) is -1.33. The van der Waals surface area contributed by atoms with E-state index in [1.54, 1.807) is 0 Å². The minimum absolute atomic E-state index is 0.0281. The molecule has 1 rings (SSSR count). The SMILES string of the molecule is COc1cc(C(=O)O)cc(Cl)c1O. The van der Waals surface area contributed by atoms with Crippen molar-refractivity contribution in [2.45, 2.75) is 0 Å².